The molecule has 2 aromatic rings. The second kappa shape index (κ2) is 6.76. The highest BCUT2D eigenvalue weighted by atomic mass is 79.9. The number of nitrogens with two attached hydrogens (primary N) is 1. The zero-order valence-electron chi connectivity index (χ0n) is 12.2. The Morgan fingerprint density at radius 2 is 2.14 bits per heavy atom. The summed E-state index contributed by atoms with van der Waals surface area (Å²) in [6.07, 6.45) is 2.75. The lowest BCUT2D eigenvalue weighted by molar-refractivity contribution is 0.637. The molecule has 5 nitrogen and oxygen atoms in total. The van der Waals surface area contributed by atoms with Crippen molar-refractivity contribution >= 4 is 27.3 Å². The minimum atomic E-state index is -0.114. The Morgan fingerprint density at radius 1 is 1.38 bits per heavy atom. The Kier molecular flexibility index (Phi) is 5.01. The van der Waals surface area contributed by atoms with Crippen LogP contribution in [-0.2, 0) is 6.54 Å². The van der Waals surface area contributed by atoms with E-state index < -0.39 is 0 Å². The van der Waals surface area contributed by atoms with Crippen LogP contribution in [0.4, 0.5) is 11.4 Å². The third-order valence-electron chi connectivity index (χ3n) is 3.25. The highest BCUT2D eigenvalue weighted by Crippen LogP contribution is 2.20. The van der Waals surface area contributed by atoms with Gasteiger partial charge in [-0.15, -0.1) is 0 Å². The van der Waals surface area contributed by atoms with E-state index in [9.17, 15) is 4.79 Å². The topological polar surface area (TPSA) is 64.2 Å². The van der Waals surface area contributed by atoms with Crippen molar-refractivity contribution in [3.63, 3.8) is 0 Å². The molecule has 0 fully saturated rings. The van der Waals surface area contributed by atoms with Crippen LogP contribution >= 0.6 is 15.9 Å². The molecule has 0 unspecified atom stereocenters. The number of hydrogen-bond acceptors (Lipinski definition) is 4. The van der Waals surface area contributed by atoms with Crippen molar-refractivity contribution in [1.29, 1.82) is 0 Å². The molecule has 2 N–H and O–H groups in total. The van der Waals surface area contributed by atoms with Gasteiger partial charge in [-0.1, -0.05) is 13.0 Å². The summed E-state index contributed by atoms with van der Waals surface area (Å²) in [5, 5.41) is 4.24. The second-order valence-corrected chi connectivity index (χ2v) is 5.84. The van der Waals surface area contributed by atoms with Crippen molar-refractivity contribution < 1.29 is 0 Å². The first-order valence-corrected chi connectivity index (χ1v) is 7.62. The summed E-state index contributed by atoms with van der Waals surface area (Å²) in [4.78, 5) is 14.2. The molecule has 0 spiro atoms. The van der Waals surface area contributed by atoms with E-state index in [4.69, 9.17) is 5.73 Å². The van der Waals surface area contributed by atoms with Gasteiger partial charge in [0.2, 0.25) is 0 Å². The predicted molar refractivity (Wildman–Crippen MR) is 89.7 cm³/mol. The number of nitrogen functional groups attached to an aromatic ring is 1. The van der Waals surface area contributed by atoms with Gasteiger partial charge < -0.3 is 10.6 Å². The van der Waals surface area contributed by atoms with Gasteiger partial charge in [0, 0.05) is 29.8 Å². The van der Waals surface area contributed by atoms with E-state index >= 15 is 0 Å². The maximum absolute atomic E-state index is 12.1. The van der Waals surface area contributed by atoms with Crippen molar-refractivity contribution in [2.75, 3.05) is 24.2 Å². The van der Waals surface area contributed by atoms with E-state index in [1.807, 2.05) is 30.1 Å². The van der Waals surface area contributed by atoms with Gasteiger partial charge in [0.15, 0.2) is 0 Å². The summed E-state index contributed by atoms with van der Waals surface area (Å²) in [5.74, 6) is 0. The molecular formula is C15H19BrN4O. The van der Waals surface area contributed by atoms with Gasteiger partial charge in [0.1, 0.15) is 0 Å². The number of anilines is 2. The zero-order chi connectivity index (χ0) is 15.4. The van der Waals surface area contributed by atoms with Crippen molar-refractivity contribution in [2.24, 2.45) is 0 Å². The molecule has 6 heteroatoms. The molecular weight excluding hydrogens is 332 g/mol. The van der Waals surface area contributed by atoms with Crippen LogP contribution in [0.2, 0.25) is 0 Å². The molecule has 0 saturated heterocycles. The largest absolute Gasteiger partial charge is 0.398 e. The summed E-state index contributed by atoms with van der Waals surface area (Å²) in [6.45, 7) is 3.41. The molecule has 0 aliphatic rings. The van der Waals surface area contributed by atoms with E-state index in [1.54, 1.807) is 12.3 Å². The highest BCUT2D eigenvalue weighted by Gasteiger charge is 2.06. The first-order chi connectivity index (χ1) is 10.0. The summed E-state index contributed by atoms with van der Waals surface area (Å²) in [6, 6.07) is 7.25. The Labute approximate surface area is 132 Å². The lowest BCUT2D eigenvalue weighted by atomic mass is 10.2. The fourth-order valence-corrected chi connectivity index (χ4v) is 2.33. The van der Waals surface area contributed by atoms with Gasteiger partial charge in [0.25, 0.3) is 5.56 Å². The Bertz CT molecular complexity index is 684. The third kappa shape index (κ3) is 3.85. The number of hydrogen-bond donors (Lipinski definition) is 1. The van der Waals surface area contributed by atoms with E-state index in [1.165, 1.54) is 4.68 Å². The molecule has 112 valence electrons. The summed E-state index contributed by atoms with van der Waals surface area (Å²) in [7, 11) is 1.96. The maximum Gasteiger partial charge on any atom is 0.269 e. The zero-order valence-corrected chi connectivity index (χ0v) is 13.8. The van der Waals surface area contributed by atoms with E-state index in [0.717, 1.165) is 28.7 Å². The van der Waals surface area contributed by atoms with E-state index in [0.29, 0.717) is 12.2 Å². The van der Waals surface area contributed by atoms with Crippen molar-refractivity contribution in [3.8, 4) is 0 Å². The van der Waals surface area contributed by atoms with Crippen LogP contribution in [0, 0.1) is 0 Å². The van der Waals surface area contributed by atoms with Crippen molar-refractivity contribution in [2.45, 2.75) is 19.9 Å². The number of nitrogens with zero attached hydrogens (tertiary/aromatic N) is 3. The Morgan fingerprint density at radius 3 is 2.76 bits per heavy atom. The van der Waals surface area contributed by atoms with Gasteiger partial charge in [-0.05, 0) is 40.0 Å². The third-order valence-corrected chi connectivity index (χ3v) is 3.97. The summed E-state index contributed by atoms with van der Waals surface area (Å²) >= 11 is 3.35. The van der Waals surface area contributed by atoms with Crippen molar-refractivity contribution in [1.82, 2.24) is 9.78 Å². The molecule has 0 bridgehead atoms. The molecule has 1 aromatic heterocycles. The van der Waals surface area contributed by atoms with Gasteiger partial charge >= 0.3 is 0 Å². The minimum Gasteiger partial charge on any atom is -0.398 e. The molecule has 1 heterocycles. The van der Waals surface area contributed by atoms with Gasteiger partial charge in [-0.3, -0.25) is 4.79 Å². The second-order valence-electron chi connectivity index (χ2n) is 4.99. The summed E-state index contributed by atoms with van der Waals surface area (Å²) in [5.41, 5.74) is 8.17. The molecule has 0 atom stereocenters. The molecule has 0 radical (unpaired) electrons. The first-order valence-electron chi connectivity index (χ1n) is 6.83. The van der Waals surface area contributed by atoms with Crippen LogP contribution in [0.1, 0.15) is 18.9 Å². The molecule has 2 rings (SSSR count). The molecule has 1 aromatic carbocycles. The Balaban J connectivity index is 2.21. The number of benzene rings is 1. The Hall–Kier alpha value is -1.82. The molecule has 21 heavy (non-hydrogen) atoms. The lowest BCUT2D eigenvalue weighted by Gasteiger charge is -2.17. The quantitative estimate of drug-likeness (QED) is 0.841. The lowest BCUT2D eigenvalue weighted by Crippen LogP contribution is -2.26. The number of halogens is 1. The van der Waals surface area contributed by atoms with E-state index in [-0.39, 0.29) is 5.56 Å². The molecule has 0 saturated carbocycles. The SMILES string of the molecule is CCCN(C)c1cnn(Cc2ccc(Br)c(N)c2)c(=O)c1. The van der Waals surface area contributed by atoms with Gasteiger partial charge in [-0.2, -0.15) is 5.10 Å². The standard InChI is InChI=1S/C15H19BrN4O/c1-3-6-19(2)12-8-15(21)20(18-9-12)10-11-4-5-13(16)14(17)7-11/h4-5,7-9H,3,6,10,17H2,1-2H3. The number of aromatic nitrogens is 2. The fraction of sp³-hybridized carbons (Fsp3) is 0.333. The van der Waals surface area contributed by atoms with Crippen LogP contribution in [0.3, 0.4) is 0 Å². The monoisotopic (exact) mass is 350 g/mol. The van der Waals surface area contributed by atoms with Crippen LogP contribution < -0.4 is 16.2 Å². The van der Waals surface area contributed by atoms with Crippen LogP contribution in [-0.4, -0.2) is 23.4 Å². The van der Waals surface area contributed by atoms with E-state index in [2.05, 4.69) is 28.0 Å². The van der Waals surface area contributed by atoms with Crippen LogP contribution in [0.5, 0.6) is 0 Å². The van der Waals surface area contributed by atoms with Gasteiger partial charge in [0.05, 0.1) is 18.4 Å². The predicted octanol–water partition coefficient (Wildman–Crippen LogP) is 2.48. The summed E-state index contributed by atoms with van der Waals surface area (Å²) < 4.78 is 2.29. The minimum absolute atomic E-state index is 0.114. The van der Waals surface area contributed by atoms with Gasteiger partial charge in [-0.25, -0.2) is 4.68 Å². The smallest absolute Gasteiger partial charge is 0.269 e. The average molecular weight is 351 g/mol. The van der Waals surface area contributed by atoms with Crippen LogP contribution in [0.15, 0.2) is 39.7 Å². The molecule has 0 aliphatic heterocycles. The van der Waals surface area contributed by atoms with Crippen LogP contribution in [0.25, 0.3) is 0 Å². The van der Waals surface area contributed by atoms with Crippen molar-refractivity contribution in [3.05, 3.63) is 50.9 Å². The highest BCUT2D eigenvalue weighted by molar-refractivity contribution is 9.10. The number of rotatable bonds is 5. The normalized spacial score (nSPS) is 10.6. The molecule has 0 amide bonds. The fourth-order valence-electron chi connectivity index (χ4n) is 2.08. The average Bonchev–Trinajstić information content (AvgIpc) is 2.45. The first kappa shape index (κ1) is 15.6. The molecule has 0 aliphatic carbocycles. The maximum atomic E-state index is 12.1.